The summed E-state index contributed by atoms with van der Waals surface area (Å²) in [4.78, 5) is 30.6. The molecule has 144 valence electrons. The van der Waals surface area contributed by atoms with Crippen LogP contribution >= 0.6 is 11.3 Å². The highest BCUT2D eigenvalue weighted by atomic mass is 32.1. The summed E-state index contributed by atoms with van der Waals surface area (Å²) in [6, 6.07) is 11.7. The monoisotopic (exact) mass is 401 g/mol. The molecule has 0 saturated carbocycles. The fourth-order valence-corrected chi connectivity index (χ4v) is 4.29. The molecule has 5 rings (SSSR count). The van der Waals surface area contributed by atoms with Gasteiger partial charge in [-0.05, 0) is 46.7 Å². The quantitative estimate of drug-likeness (QED) is 0.524. The van der Waals surface area contributed by atoms with E-state index < -0.39 is 0 Å². The predicted molar refractivity (Wildman–Crippen MR) is 115 cm³/mol. The first kappa shape index (κ1) is 17.8. The first-order valence-corrected chi connectivity index (χ1v) is 10.5. The van der Waals surface area contributed by atoms with Crippen LogP contribution in [0.5, 0.6) is 0 Å². The molecule has 0 atom stereocenters. The summed E-state index contributed by atoms with van der Waals surface area (Å²) in [6.45, 7) is 2.84. The third-order valence-corrected chi connectivity index (χ3v) is 5.87. The number of pyridine rings is 3. The van der Waals surface area contributed by atoms with E-state index in [4.69, 9.17) is 4.98 Å². The van der Waals surface area contributed by atoms with Crippen molar-refractivity contribution in [3.05, 3.63) is 71.4 Å². The molecule has 6 nitrogen and oxygen atoms in total. The number of carbonyl (C=O) groups excluding carboxylic acids is 1. The molecule has 0 unspecified atom stereocenters. The number of aromatic nitrogens is 3. The van der Waals surface area contributed by atoms with Crippen molar-refractivity contribution in [2.75, 3.05) is 31.1 Å². The molecule has 0 N–H and O–H groups in total. The fraction of sp³-hybridized carbons (Fsp3) is 0.182. The van der Waals surface area contributed by atoms with Crippen molar-refractivity contribution >= 4 is 34.0 Å². The van der Waals surface area contributed by atoms with E-state index in [-0.39, 0.29) is 5.91 Å². The number of rotatable bonds is 3. The van der Waals surface area contributed by atoms with Crippen molar-refractivity contribution in [1.82, 2.24) is 19.9 Å². The molecule has 4 aromatic heterocycles. The zero-order chi connectivity index (χ0) is 19.6. The third-order valence-electron chi connectivity index (χ3n) is 5.19. The zero-order valence-electron chi connectivity index (χ0n) is 15.7. The zero-order valence-corrected chi connectivity index (χ0v) is 16.5. The van der Waals surface area contributed by atoms with Gasteiger partial charge in [0.1, 0.15) is 11.5 Å². The third kappa shape index (κ3) is 3.45. The lowest BCUT2D eigenvalue weighted by Crippen LogP contribution is -2.49. The molecule has 0 spiro atoms. The second-order valence-electron chi connectivity index (χ2n) is 6.93. The number of amides is 1. The molecular formula is C22H19N5OS. The molecule has 7 heteroatoms. The molecular weight excluding hydrogens is 382 g/mol. The van der Waals surface area contributed by atoms with Crippen LogP contribution in [0.15, 0.2) is 65.7 Å². The molecule has 4 aromatic rings. The van der Waals surface area contributed by atoms with Crippen LogP contribution in [0.2, 0.25) is 0 Å². The average Bonchev–Trinajstić information content (AvgIpc) is 3.33. The number of piperazine rings is 1. The van der Waals surface area contributed by atoms with Crippen molar-refractivity contribution in [2.45, 2.75) is 0 Å². The van der Waals surface area contributed by atoms with E-state index in [0.29, 0.717) is 18.8 Å². The number of thiophene rings is 1. The Morgan fingerprint density at radius 2 is 1.90 bits per heavy atom. The van der Waals surface area contributed by atoms with Crippen LogP contribution in [0, 0.1) is 0 Å². The number of hydrogen-bond donors (Lipinski definition) is 0. The van der Waals surface area contributed by atoms with Gasteiger partial charge in [-0.3, -0.25) is 9.78 Å². The summed E-state index contributed by atoms with van der Waals surface area (Å²) in [5.74, 6) is 0.928. The van der Waals surface area contributed by atoms with Gasteiger partial charge >= 0.3 is 0 Å². The van der Waals surface area contributed by atoms with Gasteiger partial charge in [-0.15, -0.1) is 0 Å². The summed E-state index contributed by atoms with van der Waals surface area (Å²) >= 11 is 1.63. The molecule has 1 aliphatic heterocycles. The Labute approximate surface area is 172 Å². The molecule has 5 heterocycles. The van der Waals surface area contributed by atoms with Gasteiger partial charge < -0.3 is 9.80 Å². The van der Waals surface area contributed by atoms with Crippen molar-refractivity contribution in [3.63, 3.8) is 0 Å². The minimum atomic E-state index is -0.0272. The van der Waals surface area contributed by atoms with Crippen LogP contribution in [-0.4, -0.2) is 51.9 Å². The van der Waals surface area contributed by atoms with E-state index in [2.05, 4.69) is 20.2 Å². The van der Waals surface area contributed by atoms with E-state index in [1.807, 2.05) is 46.8 Å². The number of fused-ring (bicyclic) bond motifs is 1. The predicted octanol–water partition coefficient (Wildman–Crippen LogP) is 3.72. The SMILES string of the molecule is O=C(c1ccc2cncc(-c3ccsc3)c2n1)N1CCN(c2ccccn2)CC1. The number of nitrogens with zero attached hydrogens (tertiary/aromatic N) is 5. The van der Waals surface area contributed by atoms with Gasteiger partial charge in [-0.2, -0.15) is 11.3 Å². The molecule has 0 aromatic carbocycles. The highest BCUT2D eigenvalue weighted by Crippen LogP contribution is 2.28. The number of hydrogen-bond acceptors (Lipinski definition) is 6. The topological polar surface area (TPSA) is 62.2 Å². The largest absolute Gasteiger partial charge is 0.353 e. The van der Waals surface area contributed by atoms with Gasteiger partial charge in [-0.25, -0.2) is 9.97 Å². The van der Waals surface area contributed by atoms with Gasteiger partial charge in [0.2, 0.25) is 0 Å². The van der Waals surface area contributed by atoms with E-state index in [1.165, 1.54) is 0 Å². The molecule has 1 amide bonds. The summed E-state index contributed by atoms with van der Waals surface area (Å²) in [7, 11) is 0. The highest BCUT2D eigenvalue weighted by Gasteiger charge is 2.24. The summed E-state index contributed by atoms with van der Waals surface area (Å²) in [5.41, 5.74) is 3.33. The van der Waals surface area contributed by atoms with Crippen LogP contribution in [0.25, 0.3) is 22.0 Å². The first-order valence-electron chi connectivity index (χ1n) is 9.52. The lowest BCUT2D eigenvalue weighted by Gasteiger charge is -2.35. The van der Waals surface area contributed by atoms with Crippen LogP contribution in [0.1, 0.15) is 10.5 Å². The van der Waals surface area contributed by atoms with Crippen LogP contribution in [0.4, 0.5) is 5.82 Å². The number of carbonyl (C=O) groups is 1. The Balaban J connectivity index is 1.38. The molecule has 29 heavy (non-hydrogen) atoms. The molecule has 0 aliphatic carbocycles. The Morgan fingerprint density at radius 1 is 1.00 bits per heavy atom. The van der Waals surface area contributed by atoms with Gasteiger partial charge in [0.25, 0.3) is 5.91 Å². The summed E-state index contributed by atoms with van der Waals surface area (Å²) < 4.78 is 0. The van der Waals surface area contributed by atoms with E-state index in [0.717, 1.165) is 40.9 Å². The standard InChI is InChI=1S/C22H19N5OS/c28-22(27-10-8-26(9-11-27)20-3-1-2-7-24-20)19-5-4-16-13-23-14-18(21(16)25-19)17-6-12-29-15-17/h1-7,12-15H,8-11H2. The Kier molecular flexibility index (Phi) is 4.65. The van der Waals surface area contributed by atoms with Crippen molar-refractivity contribution in [3.8, 4) is 11.1 Å². The number of anilines is 1. The Hall–Kier alpha value is -3.32. The van der Waals surface area contributed by atoms with Gasteiger partial charge in [-0.1, -0.05) is 6.07 Å². The minimum Gasteiger partial charge on any atom is -0.353 e. The maximum atomic E-state index is 13.1. The first-order chi connectivity index (χ1) is 14.3. The molecule has 1 saturated heterocycles. The second kappa shape index (κ2) is 7.60. The molecule has 0 bridgehead atoms. The maximum absolute atomic E-state index is 13.1. The maximum Gasteiger partial charge on any atom is 0.272 e. The summed E-state index contributed by atoms with van der Waals surface area (Å²) in [6.07, 6.45) is 5.40. The van der Waals surface area contributed by atoms with Crippen molar-refractivity contribution < 1.29 is 4.79 Å². The average molecular weight is 401 g/mol. The molecule has 0 radical (unpaired) electrons. The van der Waals surface area contributed by atoms with Crippen LogP contribution in [-0.2, 0) is 0 Å². The van der Waals surface area contributed by atoms with E-state index in [9.17, 15) is 4.79 Å². The van der Waals surface area contributed by atoms with E-state index in [1.54, 1.807) is 29.8 Å². The van der Waals surface area contributed by atoms with Gasteiger partial charge in [0.15, 0.2) is 0 Å². The van der Waals surface area contributed by atoms with Crippen molar-refractivity contribution in [1.29, 1.82) is 0 Å². The lowest BCUT2D eigenvalue weighted by molar-refractivity contribution is 0.0741. The highest BCUT2D eigenvalue weighted by molar-refractivity contribution is 7.08. The minimum absolute atomic E-state index is 0.0272. The fourth-order valence-electron chi connectivity index (χ4n) is 3.63. The molecule has 1 aliphatic rings. The smallest absolute Gasteiger partial charge is 0.272 e. The van der Waals surface area contributed by atoms with E-state index >= 15 is 0 Å². The van der Waals surface area contributed by atoms with Gasteiger partial charge in [0.05, 0.1) is 5.52 Å². The summed E-state index contributed by atoms with van der Waals surface area (Å²) in [5, 5.41) is 5.04. The molecule has 1 fully saturated rings. The second-order valence-corrected chi connectivity index (χ2v) is 7.71. The lowest BCUT2D eigenvalue weighted by atomic mass is 10.1. The Bertz CT molecular complexity index is 1140. The van der Waals surface area contributed by atoms with Crippen molar-refractivity contribution in [2.24, 2.45) is 0 Å². The Morgan fingerprint density at radius 3 is 2.66 bits per heavy atom. The van der Waals surface area contributed by atoms with Crippen LogP contribution in [0.3, 0.4) is 0 Å². The van der Waals surface area contributed by atoms with Gasteiger partial charge in [0, 0.05) is 55.7 Å². The van der Waals surface area contributed by atoms with Crippen LogP contribution < -0.4 is 4.90 Å². The normalized spacial score (nSPS) is 14.3.